The first-order valence-electron chi connectivity index (χ1n) is 0.676. The fourth-order valence-electron chi connectivity index (χ4n) is 0. The quantitative estimate of drug-likeness (QED) is 0.524. The first kappa shape index (κ1) is 23.9. The summed E-state index contributed by atoms with van der Waals surface area (Å²) in [6, 6.07) is 0. The molecule has 0 aliphatic carbocycles. The third-order valence-electron chi connectivity index (χ3n) is 0. The van der Waals surface area contributed by atoms with Crippen LogP contribution in [0.25, 0.3) is 0 Å². The third kappa shape index (κ3) is 1560. The first-order valence-corrected chi connectivity index (χ1v) is 5.53. The third-order valence-corrected chi connectivity index (χ3v) is 0. The monoisotopic (exact) mass is 311 g/mol. The van der Waals surface area contributed by atoms with E-state index in [1.807, 2.05) is 0 Å². The van der Waals surface area contributed by atoms with Crippen molar-refractivity contribution in [3.05, 3.63) is 0 Å². The zero-order chi connectivity index (χ0) is 4.50. The molecule has 57 valence electrons. The van der Waals surface area contributed by atoms with Crippen LogP contribution >= 0.6 is 0 Å². The zero-order valence-corrected chi connectivity index (χ0v) is 6.67. The van der Waals surface area contributed by atoms with E-state index in [0.717, 1.165) is 0 Å². The molecular formula is H6F4O3Ta. The van der Waals surface area contributed by atoms with Gasteiger partial charge in [-0.15, -0.1) is 0 Å². The van der Waals surface area contributed by atoms with Gasteiger partial charge >= 0.3 is 31.4 Å². The minimum atomic E-state index is -7.22. The van der Waals surface area contributed by atoms with Crippen molar-refractivity contribution in [1.82, 2.24) is 0 Å². The van der Waals surface area contributed by atoms with Crippen molar-refractivity contribution in [2.75, 3.05) is 0 Å². The summed E-state index contributed by atoms with van der Waals surface area (Å²) < 4.78 is 39.6. The van der Waals surface area contributed by atoms with Crippen molar-refractivity contribution in [2.24, 2.45) is 0 Å². The number of rotatable bonds is 0. The molecule has 0 amide bonds. The summed E-state index contributed by atoms with van der Waals surface area (Å²) in [4.78, 5) is 0. The van der Waals surface area contributed by atoms with E-state index in [1.54, 1.807) is 0 Å². The standard InChI is InChI=1S/4FH.3H2O.Ta/h4*1H;3*1H2;/q;;;;;;;+4/p-4. The number of hydrogen-bond donors (Lipinski definition) is 0. The van der Waals surface area contributed by atoms with Gasteiger partial charge in [-0.2, -0.15) is 0 Å². The topological polar surface area (TPSA) is 94.5 Å². The van der Waals surface area contributed by atoms with Crippen LogP contribution in [-0.4, -0.2) is 16.4 Å². The van der Waals surface area contributed by atoms with E-state index in [0.29, 0.717) is 0 Å². The van der Waals surface area contributed by atoms with E-state index in [1.165, 1.54) is 0 Å². The van der Waals surface area contributed by atoms with E-state index >= 15 is 0 Å². The molecule has 0 unspecified atom stereocenters. The Morgan fingerprint density at radius 3 is 0.625 bits per heavy atom. The van der Waals surface area contributed by atoms with E-state index in [2.05, 4.69) is 0 Å². The second kappa shape index (κ2) is 7.34. The molecule has 8 heteroatoms. The number of halogens is 4. The Labute approximate surface area is 48.6 Å². The second-order valence-electron chi connectivity index (χ2n) is 0.383. The molecule has 0 bridgehead atoms. The van der Waals surface area contributed by atoms with Gasteiger partial charge in [-0.1, -0.05) is 0 Å². The average molecular weight is 311 g/mol. The Balaban J connectivity index is -0.0000000267. The van der Waals surface area contributed by atoms with Gasteiger partial charge in [0.2, 0.25) is 0 Å². The molecule has 0 fully saturated rings. The summed E-state index contributed by atoms with van der Waals surface area (Å²) >= 11 is -7.22. The number of hydrogen-bond acceptors (Lipinski definition) is 0. The summed E-state index contributed by atoms with van der Waals surface area (Å²) in [5, 5.41) is 0. The predicted octanol–water partition coefficient (Wildman–Crippen LogP) is -0.796. The van der Waals surface area contributed by atoms with Gasteiger partial charge in [0.1, 0.15) is 0 Å². The summed E-state index contributed by atoms with van der Waals surface area (Å²) in [6.07, 6.45) is 0. The van der Waals surface area contributed by atoms with Crippen molar-refractivity contribution in [3.8, 4) is 0 Å². The summed E-state index contributed by atoms with van der Waals surface area (Å²) in [5.74, 6) is 0. The Morgan fingerprint density at radius 2 is 0.625 bits per heavy atom. The van der Waals surface area contributed by atoms with Crippen molar-refractivity contribution in [3.63, 3.8) is 0 Å². The molecular weight excluding hydrogens is 305 g/mol. The molecule has 0 heterocycles. The van der Waals surface area contributed by atoms with Crippen LogP contribution in [0.3, 0.4) is 0 Å². The van der Waals surface area contributed by atoms with Gasteiger partial charge < -0.3 is 16.4 Å². The van der Waals surface area contributed by atoms with Gasteiger partial charge in [-0.25, -0.2) is 0 Å². The minimum absolute atomic E-state index is 0. The molecule has 0 spiro atoms. The van der Waals surface area contributed by atoms with Crippen molar-refractivity contribution >= 4 is 0 Å². The van der Waals surface area contributed by atoms with E-state index in [9.17, 15) is 12.1 Å². The Morgan fingerprint density at radius 1 is 0.625 bits per heavy atom. The van der Waals surface area contributed by atoms with Crippen LogP contribution in [0, 0.1) is 0 Å². The van der Waals surface area contributed by atoms with Crippen LogP contribution in [0.4, 0.5) is 12.1 Å². The summed E-state index contributed by atoms with van der Waals surface area (Å²) in [7, 11) is 0. The molecule has 0 aliphatic rings. The molecule has 0 aromatic carbocycles. The van der Waals surface area contributed by atoms with Crippen molar-refractivity contribution in [2.45, 2.75) is 0 Å². The maximum atomic E-state index is 9.90. The van der Waals surface area contributed by atoms with E-state index < -0.39 is 19.3 Å². The van der Waals surface area contributed by atoms with E-state index in [-0.39, 0.29) is 16.4 Å². The van der Waals surface area contributed by atoms with Crippen LogP contribution in [0.2, 0.25) is 0 Å². The van der Waals surface area contributed by atoms with Gasteiger partial charge in [0.05, 0.1) is 0 Å². The molecule has 0 radical (unpaired) electrons. The molecule has 0 aromatic rings. The van der Waals surface area contributed by atoms with Crippen LogP contribution in [0.15, 0.2) is 0 Å². The van der Waals surface area contributed by atoms with Crippen LogP contribution in [0.5, 0.6) is 0 Å². The first-order chi connectivity index (χ1) is 2.00. The van der Waals surface area contributed by atoms with Crippen LogP contribution in [-0.2, 0) is 19.3 Å². The molecule has 0 saturated heterocycles. The van der Waals surface area contributed by atoms with Crippen molar-refractivity contribution in [1.29, 1.82) is 0 Å². The molecule has 6 N–H and O–H groups in total. The molecule has 0 saturated carbocycles. The van der Waals surface area contributed by atoms with E-state index in [4.69, 9.17) is 0 Å². The van der Waals surface area contributed by atoms with Gasteiger partial charge in [0, 0.05) is 0 Å². The summed E-state index contributed by atoms with van der Waals surface area (Å²) in [5.41, 5.74) is 0. The van der Waals surface area contributed by atoms with Gasteiger partial charge in [-0.3, -0.25) is 0 Å². The average Bonchev–Trinajstić information content (AvgIpc) is 0.722. The fraction of sp³-hybridized carbons (Fsp3) is 0. The van der Waals surface area contributed by atoms with Crippen LogP contribution < -0.4 is 0 Å². The Kier molecular flexibility index (Phi) is 21.9. The molecule has 0 rings (SSSR count). The van der Waals surface area contributed by atoms with Gasteiger partial charge in [0.25, 0.3) is 0 Å². The molecule has 0 aromatic heterocycles. The van der Waals surface area contributed by atoms with Gasteiger partial charge in [0.15, 0.2) is 0 Å². The molecule has 8 heavy (non-hydrogen) atoms. The Bertz CT molecular complexity index is 26.8. The Hall–Kier alpha value is 0.340. The van der Waals surface area contributed by atoms with Crippen LogP contribution in [0.1, 0.15) is 0 Å². The second-order valence-corrected chi connectivity index (χ2v) is 3.14. The SMILES string of the molecule is O.O.O.[F][Ta]([F])([F])[F]. The summed E-state index contributed by atoms with van der Waals surface area (Å²) in [6.45, 7) is 0. The fourth-order valence-corrected chi connectivity index (χ4v) is 0. The zero-order valence-electron chi connectivity index (χ0n) is 3.46. The van der Waals surface area contributed by atoms with Crippen molar-refractivity contribution < 1.29 is 47.8 Å². The molecule has 0 atom stereocenters. The van der Waals surface area contributed by atoms with Gasteiger partial charge in [-0.05, 0) is 0 Å². The predicted molar refractivity (Wildman–Crippen MR) is 15.3 cm³/mol. The molecule has 3 nitrogen and oxygen atoms in total. The molecule has 0 aliphatic heterocycles. The maximum absolute atomic E-state index is 9.90. The normalized spacial score (nSPS) is 7.50.